The molecule has 2 nitrogen and oxygen atoms in total. The Kier molecular flexibility index (Phi) is 5.13. The lowest BCUT2D eigenvalue weighted by atomic mass is 9.95. The molecule has 148 valence electrons. The first-order chi connectivity index (χ1) is 14.7. The summed E-state index contributed by atoms with van der Waals surface area (Å²) in [7, 11) is 0. The molecule has 5 rings (SSSR count). The Hall–Kier alpha value is -2.56. The van der Waals surface area contributed by atoms with Crippen LogP contribution in [0.25, 0.3) is 5.69 Å². The third-order valence-corrected chi connectivity index (χ3v) is 6.73. The molecule has 4 heteroatoms. The van der Waals surface area contributed by atoms with Gasteiger partial charge in [-0.25, -0.2) is 0 Å². The predicted molar refractivity (Wildman–Crippen MR) is 132 cm³/mol. The molecule has 1 aromatic heterocycles. The maximum absolute atomic E-state index is 4.16. The Balaban J connectivity index is 1.68. The van der Waals surface area contributed by atoms with E-state index >= 15 is 0 Å². The van der Waals surface area contributed by atoms with Crippen molar-refractivity contribution in [1.29, 1.82) is 0 Å². The molecule has 1 N–H and O–H groups in total. The van der Waals surface area contributed by atoms with E-state index in [9.17, 15) is 0 Å². The highest BCUT2D eigenvalue weighted by molar-refractivity contribution is 9.10. The molecular formula is C26H20Br2N2. The number of halogens is 2. The van der Waals surface area contributed by atoms with Gasteiger partial charge in [-0.1, -0.05) is 74.3 Å². The summed E-state index contributed by atoms with van der Waals surface area (Å²) in [6.07, 6.45) is 2.03. The Morgan fingerprint density at radius 2 is 1.50 bits per heavy atom. The molecule has 0 saturated carbocycles. The average molecular weight is 520 g/mol. The molecule has 3 aromatic carbocycles. The SMILES string of the molecule is C=CC(c1ccc(Br)cc1)c1ccc2n1-c1ccccc1NC2c1ccc(Br)cc1. The summed E-state index contributed by atoms with van der Waals surface area (Å²) in [5.41, 5.74) is 7.22. The van der Waals surface area contributed by atoms with Gasteiger partial charge in [-0.15, -0.1) is 6.58 Å². The second kappa shape index (κ2) is 7.93. The van der Waals surface area contributed by atoms with E-state index in [0.717, 1.165) is 14.6 Å². The number of anilines is 1. The fraction of sp³-hybridized carbons (Fsp3) is 0.0769. The molecule has 0 spiro atoms. The van der Waals surface area contributed by atoms with Crippen LogP contribution in [0, 0.1) is 0 Å². The van der Waals surface area contributed by atoms with Crippen LogP contribution in [0.3, 0.4) is 0 Å². The number of benzene rings is 3. The lowest BCUT2D eigenvalue weighted by molar-refractivity contribution is 0.769. The van der Waals surface area contributed by atoms with E-state index in [4.69, 9.17) is 0 Å². The second-order valence-electron chi connectivity index (χ2n) is 7.43. The largest absolute Gasteiger partial charge is 0.371 e. The molecule has 2 atom stereocenters. The van der Waals surface area contributed by atoms with E-state index in [-0.39, 0.29) is 12.0 Å². The third-order valence-electron chi connectivity index (χ3n) is 5.67. The number of para-hydroxylation sites is 2. The van der Waals surface area contributed by atoms with E-state index in [2.05, 4.69) is 133 Å². The van der Waals surface area contributed by atoms with Gasteiger partial charge in [-0.05, 0) is 59.7 Å². The van der Waals surface area contributed by atoms with Gasteiger partial charge in [0.05, 0.1) is 17.4 Å². The van der Waals surface area contributed by atoms with Gasteiger partial charge in [0, 0.05) is 26.3 Å². The van der Waals surface area contributed by atoms with Crippen LogP contribution in [0.1, 0.15) is 34.5 Å². The average Bonchev–Trinajstić information content (AvgIpc) is 3.21. The highest BCUT2D eigenvalue weighted by Gasteiger charge is 2.29. The molecule has 0 fully saturated rings. The van der Waals surface area contributed by atoms with Crippen LogP contribution >= 0.6 is 31.9 Å². The normalized spacial score (nSPS) is 15.6. The molecule has 0 aliphatic carbocycles. The van der Waals surface area contributed by atoms with Gasteiger partial charge in [0.25, 0.3) is 0 Å². The lowest BCUT2D eigenvalue weighted by Crippen LogP contribution is -2.23. The molecule has 4 aromatic rings. The molecule has 2 heterocycles. The van der Waals surface area contributed by atoms with Crippen LogP contribution in [0.4, 0.5) is 5.69 Å². The fourth-order valence-electron chi connectivity index (χ4n) is 4.24. The molecule has 0 bridgehead atoms. The zero-order chi connectivity index (χ0) is 20.7. The predicted octanol–water partition coefficient (Wildman–Crippen LogP) is 7.84. The van der Waals surface area contributed by atoms with Crippen molar-refractivity contribution in [1.82, 2.24) is 4.57 Å². The number of rotatable bonds is 4. The van der Waals surface area contributed by atoms with Gasteiger partial charge in [0.1, 0.15) is 0 Å². The van der Waals surface area contributed by atoms with Gasteiger partial charge in [-0.2, -0.15) is 0 Å². The fourth-order valence-corrected chi connectivity index (χ4v) is 4.77. The van der Waals surface area contributed by atoms with Crippen molar-refractivity contribution in [3.8, 4) is 5.69 Å². The summed E-state index contributed by atoms with van der Waals surface area (Å²) in [4.78, 5) is 0. The first kappa shape index (κ1) is 19.4. The van der Waals surface area contributed by atoms with Crippen LogP contribution in [0.15, 0.2) is 107 Å². The van der Waals surface area contributed by atoms with Gasteiger partial charge >= 0.3 is 0 Å². The van der Waals surface area contributed by atoms with E-state index in [0.29, 0.717) is 0 Å². The highest BCUT2D eigenvalue weighted by Crippen LogP contribution is 2.41. The number of nitrogens with zero attached hydrogens (tertiary/aromatic N) is 1. The Bertz CT molecular complexity index is 1210. The molecule has 1 aliphatic heterocycles. The number of fused-ring (bicyclic) bond motifs is 3. The van der Waals surface area contributed by atoms with E-state index in [1.807, 2.05) is 6.08 Å². The summed E-state index contributed by atoms with van der Waals surface area (Å²) in [6, 6.07) is 30.1. The van der Waals surface area contributed by atoms with Crippen LogP contribution in [-0.4, -0.2) is 4.57 Å². The lowest BCUT2D eigenvalue weighted by Gasteiger charge is -2.32. The summed E-state index contributed by atoms with van der Waals surface area (Å²) in [5.74, 6) is 0.101. The van der Waals surface area contributed by atoms with Crippen molar-refractivity contribution in [2.45, 2.75) is 12.0 Å². The highest BCUT2D eigenvalue weighted by atomic mass is 79.9. The second-order valence-corrected chi connectivity index (χ2v) is 9.26. The van der Waals surface area contributed by atoms with Gasteiger partial charge in [0.15, 0.2) is 0 Å². The smallest absolute Gasteiger partial charge is 0.0924 e. The minimum atomic E-state index is 0.0807. The quantitative estimate of drug-likeness (QED) is 0.272. The number of allylic oxidation sites excluding steroid dienone is 1. The standard InChI is InChI=1S/C26H20Br2N2/c1-2-21(17-7-11-19(27)12-8-17)23-15-16-25-26(18-9-13-20(28)14-10-18)29-22-5-3-4-6-24(22)30(23)25/h2-16,21,26,29H,1H2. The van der Waals surface area contributed by atoms with Crippen LogP contribution in [-0.2, 0) is 0 Å². The number of hydrogen-bond acceptors (Lipinski definition) is 1. The van der Waals surface area contributed by atoms with Crippen LogP contribution < -0.4 is 5.32 Å². The molecule has 1 aliphatic rings. The Labute approximate surface area is 193 Å². The molecule has 0 saturated heterocycles. The first-order valence-corrected chi connectivity index (χ1v) is 11.5. The topological polar surface area (TPSA) is 17.0 Å². The number of aromatic nitrogens is 1. The van der Waals surface area contributed by atoms with Crippen molar-refractivity contribution < 1.29 is 0 Å². The summed E-state index contributed by atoms with van der Waals surface area (Å²) in [5, 5.41) is 3.74. The zero-order valence-corrected chi connectivity index (χ0v) is 19.4. The van der Waals surface area contributed by atoms with Crippen molar-refractivity contribution in [3.63, 3.8) is 0 Å². The van der Waals surface area contributed by atoms with Crippen molar-refractivity contribution in [3.05, 3.63) is 129 Å². The van der Waals surface area contributed by atoms with Crippen LogP contribution in [0.2, 0.25) is 0 Å². The van der Waals surface area contributed by atoms with E-state index in [1.54, 1.807) is 0 Å². The monoisotopic (exact) mass is 518 g/mol. The van der Waals surface area contributed by atoms with Gasteiger partial charge in [-0.3, -0.25) is 0 Å². The zero-order valence-electron chi connectivity index (χ0n) is 16.2. The molecule has 0 radical (unpaired) electrons. The van der Waals surface area contributed by atoms with Crippen molar-refractivity contribution in [2.24, 2.45) is 0 Å². The summed E-state index contributed by atoms with van der Waals surface area (Å²) < 4.78 is 4.56. The molecular weight excluding hydrogens is 500 g/mol. The molecule has 2 unspecified atom stereocenters. The number of hydrogen-bond donors (Lipinski definition) is 1. The van der Waals surface area contributed by atoms with Gasteiger partial charge in [0.2, 0.25) is 0 Å². The number of nitrogens with one attached hydrogen (secondary N) is 1. The van der Waals surface area contributed by atoms with Crippen molar-refractivity contribution in [2.75, 3.05) is 5.32 Å². The molecule has 30 heavy (non-hydrogen) atoms. The van der Waals surface area contributed by atoms with Gasteiger partial charge < -0.3 is 9.88 Å². The summed E-state index contributed by atoms with van der Waals surface area (Å²) in [6.45, 7) is 4.16. The Morgan fingerprint density at radius 1 is 0.833 bits per heavy atom. The van der Waals surface area contributed by atoms with Crippen molar-refractivity contribution >= 4 is 37.5 Å². The third kappa shape index (κ3) is 3.34. The first-order valence-electron chi connectivity index (χ1n) is 9.86. The molecule has 0 amide bonds. The summed E-state index contributed by atoms with van der Waals surface area (Å²) >= 11 is 7.09. The maximum Gasteiger partial charge on any atom is 0.0924 e. The van der Waals surface area contributed by atoms with E-state index < -0.39 is 0 Å². The minimum absolute atomic E-state index is 0.0807. The maximum atomic E-state index is 4.16. The Morgan fingerprint density at radius 3 is 2.20 bits per heavy atom. The van der Waals surface area contributed by atoms with E-state index in [1.165, 1.54) is 28.2 Å². The minimum Gasteiger partial charge on any atom is -0.371 e. The van der Waals surface area contributed by atoms with Crippen LogP contribution in [0.5, 0.6) is 0 Å².